The third-order valence-electron chi connectivity index (χ3n) is 1.95. The van der Waals surface area contributed by atoms with E-state index in [1.165, 1.54) is 6.42 Å². The van der Waals surface area contributed by atoms with E-state index >= 15 is 0 Å². The van der Waals surface area contributed by atoms with Crippen molar-refractivity contribution in [2.45, 2.75) is 38.5 Å². The van der Waals surface area contributed by atoms with Crippen molar-refractivity contribution in [3.8, 4) is 0 Å². The van der Waals surface area contributed by atoms with E-state index in [0.29, 0.717) is 13.1 Å². The van der Waals surface area contributed by atoms with Crippen molar-refractivity contribution < 1.29 is 14.3 Å². The Morgan fingerprint density at radius 1 is 1.07 bits per heavy atom. The van der Waals surface area contributed by atoms with Gasteiger partial charge in [-0.1, -0.05) is 25.7 Å². The Hall–Kier alpha value is -1.06. The number of nitrogens with one attached hydrogen (secondary N) is 1. The predicted molar refractivity (Wildman–Crippen MR) is 53.4 cm³/mol. The van der Waals surface area contributed by atoms with Crippen molar-refractivity contribution in [3.05, 3.63) is 0 Å². The third-order valence-corrected chi connectivity index (χ3v) is 1.95. The van der Waals surface area contributed by atoms with Gasteiger partial charge in [-0.2, -0.15) is 0 Å². The van der Waals surface area contributed by atoms with Gasteiger partial charge < -0.3 is 10.1 Å². The van der Waals surface area contributed by atoms with Crippen LogP contribution in [-0.2, 0) is 14.3 Å². The molecule has 0 aromatic rings. The highest BCUT2D eigenvalue weighted by atomic mass is 16.5. The molecule has 0 heterocycles. The van der Waals surface area contributed by atoms with Gasteiger partial charge in [-0.25, -0.2) is 0 Å². The SMILES string of the molecule is O=[C]NCCCCCCCCOC=O. The lowest BCUT2D eigenvalue weighted by Gasteiger charge is -2.00. The van der Waals surface area contributed by atoms with Crippen LogP contribution in [0.25, 0.3) is 0 Å². The molecule has 0 rings (SSSR count). The van der Waals surface area contributed by atoms with Gasteiger partial charge in [0.25, 0.3) is 6.47 Å². The molecular weight excluding hydrogens is 182 g/mol. The van der Waals surface area contributed by atoms with Gasteiger partial charge in [0.15, 0.2) is 0 Å². The molecule has 4 nitrogen and oxygen atoms in total. The molecule has 1 N–H and O–H groups in total. The van der Waals surface area contributed by atoms with Crippen LogP contribution in [-0.4, -0.2) is 26.0 Å². The van der Waals surface area contributed by atoms with E-state index in [9.17, 15) is 9.59 Å². The molecule has 0 saturated heterocycles. The van der Waals surface area contributed by atoms with Crippen LogP contribution < -0.4 is 5.32 Å². The Labute approximate surface area is 85.0 Å². The summed E-state index contributed by atoms with van der Waals surface area (Å²) in [6.07, 6.45) is 8.16. The minimum atomic E-state index is 0.488. The van der Waals surface area contributed by atoms with Crippen molar-refractivity contribution >= 4 is 12.9 Å². The van der Waals surface area contributed by atoms with Gasteiger partial charge in [0, 0.05) is 6.54 Å². The molecule has 4 heteroatoms. The molecule has 0 spiro atoms. The number of ether oxygens (including phenoxy) is 1. The van der Waals surface area contributed by atoms with Crippen LogP contribution in [0.5, 0.6) is 0 Å². The van der Waals surface area contributed by atoms with Crippen LogP contribution in [0.1, 0.15) is 38.5 Å². The number of hydrogen-bond acceptors (Lipinski definition) is 3. The second kappa shape index (κ2) is 11.9. The number of amides is 1. The zero-order valence-corrected chi connectivity index (χ0v) is 8.46. The van der Waals surface area contributed by atoms with Gasteiger partial charge in [-0.05, 0) is 12.8 Å². The maximum absolute atomic E-state index is 9.78. The second-order valence-corrected chi connectivity index (χ2v) is 3.12. The van der Waals surface area contributed by atoms with E-state index in [4.69, 9.17) is 0 Å². The lowest BCUT2D eigenvalue weighted by Crippen LogP contribution is -2.11. The van der Waals surface area contributed by atoms with Crippen molar-refractivity contribution in [2.75, 3.05) is 13.2 Å². The predicted octanol–water partition coefficient (Wildman–Crippen LogP) is 1.16. The van der Waals surface area contributed by atoms with E-state index in [2.05, 4.69) is 10.1 Å². The molecule has 0 aliphatic carbocycles. The highest BCUT2D eigenvalue weighted by Gasteiger charge is 1.91. The minimum absolute atomic E-state index is 0.488. The Morgan fingerprint density at radius 3 is 2.36 bits per heavy atom. The zero-order chi connectivity index (χ0) is 10.5. The smallest absolute Gasteiger partial charge is 0.309 e. The van der Waals surface area contributed by atoms with Crippen LogP contribution in [0.4, 0.5) is 0 Å². The maximum Gasteiger partial charge on any atom is 0.309 e. The Kier molecular flexibility index (Phi) is 11.0. The Morgan fingerprint density at radius 2 is 1.71 bits per heavy atom. The van der Waals surface area contributed by atoms with E-state index in [0.717, 1.165) is 38.6 Å². The fraction of sp³-hybridized carbons (Fsp3) is 0.800. The van der Waals surface area contributed by atoms with E-state index in [1.807, 2.05) is 0 Å². The lowest BCUT2D eigenvalue weighted by atomic mass is 10.1. The molecule has 0 atom stereocenters. The quantitative estimate of drug-likeness (QED) is 0.309. The third kappa shape index (κ3) is 10.9. The van der Waals surface area contributed by atoms with Crippen molar-refractivity contribution in [1.82, 2.24) is 5.32 Å². The number of unbranched alkanes of at least 4 members (excludes halogenated alkanes) is 5. The van der Waals surface area contributed by atoms with Crippen molar-refractivity contribution in [2.24, 2.45) is 0 Å². The first-order chi connectivity index (χ1) is 6.91. The highest BCUT2D eigenvalue weighted by Crippen LogP contribution is 2.04. The summed E-state index contributed by atoms with van der Waals surface area (Å²) in [5.41, 5.74) is 0. The van der Waals surface area contributed by atoms with Gasteiger partial charge in [0.05, 0.1) is 6.61 Å². The van der Waals surface area contributed by atoms with Crippen LogP contribution >= 0.6 is 0 Å². The number of rotatable bonds is 11. The maximum atomic E-state index is 9.78. The van der Waals surface area contributed by atoms with E-state index in [-0.39, 0.29) is 0 Å². The highest BCUT2D eigenvalue weighted by molar-refractivity contribution is 5.46. The second-order valence-electron chi connectivity index (χ2n) is 3.12. The molecule has 0 unspecified atom stereocenters. The summed E-state index contributed by atoms with van der Waals surface area (Å²) in [7, 11) is 0. The molecule has 1 amide bonds. The van der Waals surface area contributed by atoms with E-state index < -0.39 is 0 Å². The first-order valence-electron chi connectivity index (χ1n) is 5.07. The van der Waals surface area contributed by atoms with Gasteiger partial charge >= 0.3 is 6.41 Å². The summed E-state index contributed by atoms with van der Waals surface area (Å²) in [5.74, 6) is 0. The van der Waals surface area contributed by atoms with Gasteiger partial charge in [-0.15, -0.1) is 0 Å². The summed E-state index contributed by atoms with van der Waals surface area (Å²) in [6.45, 7) is 1.74. The lowest BCUT2D eigenvalue weighted by molar-refractivity contribution is -0.128. The molecule has 0 fully saturated rings. The molecule has 0 aliphatic rings. The summed E-state index contributed by atoms with van der Waals surface area (Å²) in [5, 5.41) is 2.50. The van der Waals surface area contributed by atoms with Crippen LogP contribution in [0.15, 0.2) is 0 Å². The van der Waals surface area contributed by atoms with Crippen molar-refractivity contribution in [1.29, 1.82) is 0 Å². The molecule has 0 bridgehead atoms. The number of carbonyl (C=O) groups is 1. The molecule has 14 heavy (non-hydrogen) atoms. The largest absolute Gasteiger partial charge is 0.468 e. The average Bonchev–Trinajstić information content (AvgIpc) is 2.21. The molecule has 0 aromatic heterocycles. The van der Waals surface area contributed by atoms with E-state index in [1.54, 1.807) is 6.41 Å². The van der Waals surface area contributed by atoms with Crippen LogP contribution in [0.3, 0.4) is 0 Å². The molecule has 0 aromatic carbocycles. The Bertz CT molecular complexity index is 123. The first-order valence-corrected chi connectivity index (χ1v) is 5.07. The topological polar surface area (TPSA) is 55.4 Å². The molecule has 81 valence electrons. The molecule has 0 aliphatic heterocycles. The Balaban J connectivity index is 2.84. The fourth-order valence-electron chi connectivity index (χ4n) is 1.21. The normalized spacial score (nSPS) is 9.43. The minimum Gasteiger partial charge on any atom is -0.468 e. The molecule has 1 radical (unpaired) electrons. The van der Waals surface area contributed by atoms with Gasteiger partial charge in [0.2, 0.25) is 0 Å². The average molecular weight is 200 g/mol. The zero-order valence-electron chi connectivity index (χ0n) is 8.46. The molecule has 0 saturated carbocycles. The molecular formula is C10H18NO3. The summed E-state index contributed by atoms with van der Waals surface area (Å²) in [4.78, 5) is 19.5. The number of hydrogen-bond donors (Lipinski definition) is 1. The summed E-state index contributed by atoms with van der Waals surface area (Å²) in [6, 6.07) is 0. The van der Waals surface area contributed by atoms with Crippen LogP contribution in [0.2, 0.25) is 0 Å². The summed E-state index contributed by atoms with van der Waals surface area (Å²) >= 11 is 0. The number of carbonyl (C=O) groups excluding carboxylic acids is 2. The monoisotopic (exact) mass is 200 g/mol. The first kappa shape index (κ1) is 12.9. The van der Waals surface area contributed by atoms with Crippen molar-refractivity contribution in [3.63, 3.8) is 0 Å². The van der Waals surface area contributed by atoms with Gasteiger partial charge in [-0.3, -0.25) is 9.59 Å². The summed E-state index contributed by atoms with van der Waals surface area (Å²) < 4.78 is 4.56. The fourth-order valence-corrected chi connectivity index (χ4v) is 1.21. The van der Waals surface area contributed by atoms with Crippen LogP contribution in [0, 0.1) is 0 Å². The standard InChI is InChI=1S/C10H18NO3/c12-9-11-7-5-3-1-2-4-6-8-14-10-13/h10H,1-8H2,(H,11,12). The van der Waals surface area contributed by atoms with Gasteiger partial charge in [0.1, 0.15) is 0 Å².